The zero-order chi connectivity index (χ0) is 21.4. The number of benzene rings is 2. The minimum absolute atomic E-state index is 0.0361. The van der Waals surface area contributed by atoms with Crippen molar-refractivity contribution in [1.82, 2.24) is 9.79 Å². The van der Waals surface area contributed by atoms with E-state index < -0.39 is 28.5 Å². The molecule has 9 heteroatoms. The number of hydrogen-bond donors (Lipinski definition) is 1. The Bertz CT molecular complexity index is 929. The van der Waals surface area contributed by atoms with Gasteiger partial charge in [-0.15, -0.1) is 0 Å². The van der Waals surface area contributed by atoms with Crippen molar-refractivity contribution in [2.45, 2.75) is 17.7 Å². The molecule has 1 atom stereocenters. The van der Waals surface area contributed by atoms with Crippen LogP contribution in [0.2, 0.25) is 0 Å². The maximum absolute atomic E-state index is 12.1. The summed E-state index contributed by atoms with van der Waals surface area (Å²) in [5.74, 6) is -1.02. The molecule has 0 unspecified atom stereocenters. The lowest BCUT2D eigenvalue weighted by molar-refractivity contribution is -0.124. The molecule has 0 aromatic heterocycles. The Balaban J connectivity index is 1.85. The van der Waals surface area contributed by atoms with E-state index in [1.165, 1.54) is 38.4 Å². The topological polar surface area (TPSA) is 102 Å². The number of rotatable bonds is 9. The van der Waals surface area contributed by atoms with Crippen LogP contribution in [0.4, 0.5) is 0 Å². The molecule has 0 spiro atoms. The molecule has 0 heterocycles. The van der Waals surface area contributed by atoms with Crippen molar-refractivity contribution in [2.75, 3.05) is 27.3 Å². The van der Waals surface area contributed by atoms with Crippen LogP contribution in [-0.2, 0) is 24.4 Å². The number of hydrogen-bond acceptors (Lipinski definition) is 6. The minimum Gasteiger partial charge on any atom is -0.452 e. The van der Waals surface area contributed by atoms with Crippen LogP contribution in [0.5, 0.6) is 0 Å². The molecule has 0 aliphatic carbocycles. The standard InChI is InChI=1S/C20H24N2O6S/c1-15(16-7-5-4-6-8-16)13-21-19(23)14-28-20(24)17-9-11-18(12-10-17)29(25,26)22(2)27-3/h4-12,15H,13-14H2,1-3H3,(H,21,23)/t15-/m0/s1. The normalized spacial score (nSPS) is 12.4. The molecule has 2 aromatic rings. The number of sulfonamides is 1. The molecule has 2 aromatic carbocycles. The third kappa shape index (κ3) is 6.11. The Morgan fingerprint density at radius 1 is 1.07 bits per heavy atom. The first kappa shape index (κ1) is 22.5. The van der Waals surface area contributed by atoms with Gasteiger partial charge < -0.3 is 10.1 Å². The molecule has 0 saturated carbocycles. The minimum atomic E-state index is -3.80. The summed E-state index contributed by atoms with van der Waals surface area (Å²) in [4.78, 5) is 28.6. The third-order valence-corrected chi connectivity index (χ3v) is 5.99. The Morgan fingerprint density at radius 2 is 1.69 bits per heavy atom. The lowest BCUT2D eigenvalue weighted by Gasteiger charge is -2.14. The highest BCUT2D eigenvalue weighted by Gasteiger charge is 2.21. The van der Waals surface area contributed by atoms with Gasteiger partial charge in [0.25, 0.3) is 15.9 Å². The largest absolute Gasteiger partial charge is 0.452 e. The smallest absolute Gasteiger partial charge is 0.338 e. The summed E-state index contributed by atoms with van der Waals surface area (Å²) in [5, 5.41) is 2.72. The molecular weight excluding hydrogens is 396 g/mol. The fraction of sp³-hybridized carbons (Fsp3) is 0.300. The molecule has 0 aliphatic heterocycles. The van der Waals surface area contributed by atoms with Gasteiger partial charge >= 0.3 is 5.97 Å². The van der Waals surface area contributed by atoms with E-state index in [0.29, 0.717) is 11.0 Å². The van der Waals surface area contributed by atoms with Crippen LogP contribution in [-0.4, -0.2) is 52.1 Å². The van der Waals surface area contributed by atoms with Crippen LogP contribution >= 0.6 is 0 Å². The van der Waals surface area contributed by atoms with Gasteiger partial charge in [0.1, 0.15) is 0 Å². The highest BCUT2D eigenvalue weighted by molar-refractivity contribution is 7.89. The number of nitrogens with one attached hydrogen (secondary N) is 1. The van der Waals surface area contributed by atoms with Crippen molar-refractivity contribution in [3.63, 3.8) is 0 Å². The van der Waals surface area contributed by atoms with Crippen molar-refractivity contribution >= 4 is 21.9 Å². The van der Waals surface area contributed by atoms with Crippen LogP contribution < -0.4 is 5.32 Å². The second kappa shape index (κ2) is 10.1. The number of hydroxylamine groups is 1. The van der Waals surface area contributed by atoms with E-state index in [9.17, 15) is 18.0 Å². The van der Waals surface area contributed by atoms with Gasteiger partial charge in [0.05, 0.1) is 17.6 Å². The zero-order valence-electron chi connectivity index (χ0n) is 16.5. The van der Waals surface area contributed by atoms with E-state index in [-0.39, 0.29) is 16.4 Å². The van der Waals surface area contributed by atoms with Crippen molar-refractivity contribution < 1.29 is 27.6 Å². The van der Waals surface area contributed by atoms with Gasteiger partial charge in [-0.3, -0.25) is 9.63 Å². The van der Waals surface area contributed by atoms with E-state index in [0.717, 1.165) is 5.56 Å². The quantitative estimate of drug-likeness (QED) is 0.491. The number of esters is 1. The summed E-state index contributed by atoms with van der Waals surface area (Å²) in [6, 6.07) is 14.9. The van der Waals surface area contributed by atoms with Crippen LogP contribution in [0.1, 0.15) is 28.8 Å². The van der Waals surface area contributed by atoms with Gasteiger partial charge in [-0.05, 0) is 35.7 Å². The van der Waals surface area contributed by atoms with Gasteiger partial charge in [0.15, 0.2) is 6.61 Å². The average molecular weight is 420 g/mol. The Hall–Kier alpha value is -2.75. The van der Waals surface area contributed by atoms with Crippen LogP contribution in [0.25, 0.3) is 0 Å². The molecule has 0 fully saturated rings. The second-order valence-electron chi connectivity index (χ2n) is 6.31. The van der Waals surface area contributed by atoms with E-state index in [1.54, 1.807) is 0 Å². The van der Waals surface area contributed by atoms with Crippen molar-refractivity contribution in [3.8, 4) is 0 Å². The predicted molar refractivity (Wildman–Crippen MR) is 107 cm³/mol. The Labute approximate surface area is 170 Å². The average Bonchev–Trinajstić information content (AvgIpc) is 2.75. The fourth-order valence-electron chi connectivity index (χ4n) is 2.44. The van der Waals surface area contributed by atoms with E-state index >= 15 is 0 Å². The van der Waals surface area contributed by atoms with Gasteiger partial charge in [-0.2, -0.15) is 0 Å². The molecule has 0 bridgehead atoms. The lowest BCUT2D eigenvalue weighted by atomic mass is 10.0. The summed E-state index contributed by atoms with van der Waals surface area (Å²) in [7, 11) is -1.31. The number of carbonyl (C=O) groups excluding carboxylic acids is 2. The lowest BCUT2D eigenvalue weighted by Crippen LogP contribution is -2.31. The Morgan fingerprint density at radius 3 is 2.28 bits per heavy atom. The van der Waals surface area contributed by atoms with E-state index in [2.05, 4.69) is 10.2 Å². The van der Waals surface area contributed by atoms with Crippen molar-refractivity contribution in [1.29, 1.82) is 0 Å². The predicted octanol–water partition coefficient (Wildman–Crippen LogP) is 1.95. The summed E-state index contributed by atoms with van der Waals surface area (Å²) >= 11 is 0. The molecule has 0 saturated heterocycles. The Kier molecular flexibility index (Phi) is 7.89. The SMILES string of the molecule is CON(C)S(=O)(=O)c1ccc(C(=O)OCC(=O)NC[C@H](C)c2ccccc2)cc1. The van der Waals surface area contributed by atoms with E-state index in [4.69, 9.17) is 4.74 Å². The van der Waals surface area contributed by atoms with Gasteiger partial charge in [0, 0.05) is 13.6 Å². The van der Waals surface area contributed by atoms with Gasteiger partial charge in [-0.25, -0.2) is 13.2 Å². The molecule has 29 heavy (non-hydrogen) atoms. The molecule has 8 nitrogen and oxygen atoms in total. The van der Waals surface area contributed by atoms with Crippen molar-refractivity contribution in [3.05, 3.63) is 65.7 Å². The fourth-order valence-corrected chi connectivity index (χ4v) is 3.41. The highest BCUT2D eigenvalue weighted by atomic mass is 32.2. The van der Waals surface area contributed by atoms with Crippen LogP contribution in [0.3, 0.4) is 0 Å². The van der Waals surface area contributed by atoms with Gasteiger partial charge in [-0.1, -0.05) is 41.7 Å². The molecule has 0 radical (unpaired) electrons. The molecule has 0 aliphatic rings. The highest BCUT2D eigenvalue weighted by Crippen LogP contribution is 2.16. The monoisotopic (exact) mass is 420 g/mol. The summed E-state index contributed by atoms with van der Waals surface area (Å²) in [5.41, 5.74) is 1.23. The number of amides is 1. The maximum Gasteiger partial charge on any atom is 0.338 e. The first-order valence-corrected chi connectivity index (χ1v) is 10.3. The molecule has 1 amide bonds. The summed E-state index contributed by atoms with van der Waals surface area (Å²) in [6.07, 6.45) is 0. The summed E-state index contributed by atoms with van der Waals surface area (Å²) < 4.78 is 29.9. The molecule has 1 N–H and O–H groups in total. The van der Waals surface area contributed by atoms with Gasteiger partial charge in [0.2, 0.25) is 0 Å². The van der Waals surface area contributed by atoms with Crippen LogP contribution in [0.15, 0.2) is 59.5 Å². The third-order valence-electron chi connectivity index (χ3n) is 4.29. The number of ether oxygens (including phenoxy) is 1. The molecule has 156 valence electrons. The van der Waals surface area contributed by atoms with Crippen molar-refractivity contribution in [2.24, 2.45) is 0 Å². The second-order valence-corrected chi connectivity index (χ2v) is 8.25. The van der Waals surface area contributed by atoms with Crippen LogP contribution in [0, 0.1) is 0 Å². The zero-order valence-corrected chi connectivity index (χ0v) is 17.3. The summed E-state index contributed by atoms with van der Waals surface area (Å²) in [6.45, 7) is 1.98. The first-order chi connectivity index (χ1) is 13.8. The van der Waals surface area contributed by atoms with E-state index in [1.807, 2.05) is 37.3 Å². The first-order valence-electron chi connectivity index (χ1n) is 8.87. The number of nitrogens with zero attached hydrogens (tertiary/aromatic N) is 1. The molecule has 2 rings (SSSR count). The maximum atomic E-state index is 12.1. The molecular formula is C20H24N2O6S. The number of carbonyl (C=O) groups is 2.